The van der Waals surface area contributed by atoms with Gasteiger partial charge in [-0.2, -0.15) is 9.97 Å². The van der Waals surface area contributed by atoms with Crippen LogP contribution in [-0.2, 0) is 16.1 Å². The minimum atomic E-state index is -1.07. The molecule has 2 fully saturated rings. The zero-order valence-corrected chi connectivity index (χ0v) is 26.8. The molecule has 1 saturated heterocycles. The molecule has 1 saturated carbocycles. The molecule has 1 aliphatic carbocycles. The van der Waals surface area contributed by atoms with Gasteiger partial charge in [-0.25, -0.2) is 4.79 Å². The summed E-state index contributed by atoms with van der Waals surface area (Å²) in [6, 6.07) is 18.0. The summed E-state index contributed by atoms with van der Waals surface area (Å²) in [7, 11) is 3.10. The van der Waals surface area contributed by atoms with Crippen molar-refractivity contribution in [2.45, 2.75) is 62.8 Å². The van der Waals surface area contributed by atoms with Crippen molar-refractivity contribution < 1.29 is 28.6 Å². The van der Waals surface area contributed by atoms with Crippen molar-refractivity contribution in [3.05, 3.63) is 78.4 Å². The minimum Gasteiger partial charge on any atom is -0.497 e. The highest BCUT2D eigenvalue weighted by Crippen LogP contribution is 2.43. The summed E-state index contributed by atoms with van der Waals surface area (Å²) in [5.74, 6) is 0.505. The number of allylic oxidation sites excluding steroid dienone is 1. The first-order chi connectivity index (χ1) is 22.9. The number of aromatic nitrogens is 2. The highest BCUT2D eigenvalue weighted by Gasteiger charge is 2.56. The van der Waals surface area contributed by atoms with E-state index in [1.807, 2.05) is 60.7 Å². The van der Waals surface area contributed by atoms with Crippen LogP contribution in [0.5, 0.6) is 17.6 Å². The maximum atomic E-state index is 14.4. The summed E-state index contributed by atoms with van der Waals surface area (Å²) in [5, 5.41) is 2.95. The number of carbonyl (C=O) groups is 2. The molecule has 4 atom stereocenters. The predicted octanol–water partition coefficient (Wildman–Crippen LogP) is 4.72. The van der Waals surface area contributed by atoms with Crippen LogP contribution in [-0.4, -0.2) is 83.0 Å². The van der Waals surface area contributed by atoms with Gasteiger partial charge in [0.2, 0.25) is 18.1 Å². The molecule has 3 amide bonds. The third-order valence-corrected chi connectivity index (χ3v) is 9.05. The molecule has 245 valence electrons. The maximum Gasteiger partial charge on any atom is 0.321 e. The Kier molecular flexibility index (Phi) is 9.70. The Morgan fingerprint density at radius 3 is 2.55 bits per heavy atom. The van der Waals surface area contributed by atoms with Crippen molar-refractivity contribution in [1.29, 1.82) is 0 Å². The van der Waals surface area contributed by atoms with Crippen molar-refractivity contribution in [3.8, 4) is 28.9 Å². The van der Waals surface area contributed by atoms with Crippen LogP contribution >= 0.6 is 0 Å². The molecule has 11 nitrogen and oxygen atoms in total. The van der Waals surface area contributed by atoms with Crippen LogP contribution < -0.4 is 19.5 Å². The number of amides is 3. The smallest absolute Gasteiger partial charge is 0.321 e. The SMILES string of the molecule is COc1ccc(CN2CCCCC/C=C/C3CC3([C]=O)NC(=O)C3CC(Oc4cc(-c5ccccc5)nc(OC)n4)CN3C2=O)cc1. The fourth-order valence-corrected chi connectivity index (χ4v) is 6.31. The van der Waals surface area contributed by atoms with Gasteiger partial charge < -0.3 is 29.3 Å². The molecular formula is C36H40N5O6. The second-order valence-electron chi connectivity index (χ2n) is 12.3. The van der Waals surface area contributed by atoms with E-state index in [9.17, 15) is 14.4 Å². The monoisotopic (exact) mass is 638 g/mol. The number of methoxy groups -OCH3 is 2. The molecule has 4 unspecified atom stereocenters. The summed E-state index contributed by atoms with van der Waals surface area (Å²) in [6.07, 6.45) is 9.94. The number of ether oxygens (including phenoxy) is 3. The van der Waals surface area contributed by atoms with E-state index in [0.717, 1.165) is 42.6 Å². The van der Waals surface area contributed by atoms with Crippen molar-refractivity contribution in [3.63, 3.8) is 0 Å². The first-order valence-corrected chi connectivity index (χ1v) is 16.1. The van der Waals surface area contributed by atoms with Gasteiger partial charge in [0.1, 0.15) is 23.4 Å². The molecule has 47 heavy (non-hydrogen) atoms. The second kappa shape index (κ2) is 14.2. The number of rotatable bonds is 8. The van der Waals surface area contributed by atoms with Gasteiger partial charge in [0, 0.05) is 37.1 Å². The molecule has 3 heterocycles. The number of nitrogens with zero attached hydrogens (tertiary/aromatic N) is 4. The number of nitrogens with one attached hydrogen (secondary N) is 1. The van der Waals surface area contributed by atoms with Crippen molar-refractivity contribution in [2.75, 3.05) is 27.3 Å². The number of urea groups is 1. The normalized spacial score (nSPS) is 25.4. The summed E-state index contributed by atoms with van der Waals surface area (Å²) in [5.41, 5.74) is 1.36. The van der Waals surface area contributed by atoms with E-state index >= 15 is 0 Å². The molecule has 1 N–H and O–H groups in total. The lowest BCUT2D eigenvalue weighted by Crippen LogP contribution is -2.53. The van der Waals surface area contributed by atoms with Crippen molar-refractivity contribution >= 4 is 18.2 Å². The lowest BCUT2D eigenvalue weighted by Gasteiger charge is -2.32. The fraction of sp³-hybridized carbons (Fsp3) is 0.417. The van der Waals surface area contributed by atoms with E-state index in [1.54, 1.807) is 23.0 Å². The lowest BCUT2D eigenvalue weighted by molar-refractivity contribution is -0.125. The van der Waals surface area contributed by atoms with E-state index in [4.69, 9.17) is 14.2 Å². The summed E-state index contributed by atoms with van der Waals surface area (Å²) in [6.45, 7) is 1.06. The van der Waals surface area contributed by atoms with Crippen LogP contribution in [0.3, 0.4) is 0 Å². The second-order valence-corrected chi connectivity index (χ2v) is 12.3. The Balaban J connectivity index is 1.28. The van der Waals surface area contributed by atoms with Crippen LogP contribution in [0.1, 0.15) is 44.1 Å². The predicted molar refractivity (Wildman–Crippen MR) is 175 cm³/mol. The highest BCUT2D eigenvalue weighted by molar-refractivity contribution is 5.91. The summed E-state index contributed by atoms with van der Waals surface area (Å²) in [4.78, 5) is 52.6. The molecular weight excluding hydrogens is 598 g/mol. The van der Waals surface area contributed by atoms with Crippen LogP contribution in [0, 0.1) is 5.92 Å². The molecule has 1 radical (unpaired) electrons. The van der Waals surface area contributed by atoms with Gasteiger partial charge in [0.15, 0.2) is 0 Å². The Bertz CT molecular complexity index is 1600. The Labute approximate surface area is 274 Å². The zero-order chi connectivity index (χ0) is 32.8. The third kappa shape index (κ3) is 7.40. The van der Waals surface area contributed by atoms with E-state index in [2.05, 4.69) is 27.6 Å². The van der Waals surface area contributed by atoms with Crippen LogP contribution in [0.2, 0.25) is 0 Å². The molecule has 2 aliphatic heterocycles. The van der Waals surface area contributed by atoms with Crippen molar-refractivity contribution in [1.82, 2.24) is 25.1 Å². The summed E-state index contributed by atoms with van der Waals surface area (Å²) >= 11 is 0. The number of carbonyl (C=O) groups excluding carboxylic acids is 3. The first kappa shape index (κ1) is 32.0. The van der Waals surface area contributed by atoms with Crippen molar-refractivity contribution in [2.24, 2.45) is 5.92 Å². The van der Waals surface area contributed by atoms with E-state index in [0.29, 0.717) is 25.2 Å². The molecule has 2 aromatic carbocycles. The topological polar surface area (TPSA) is 123 Å². The average molecular weight is 639 g/mol. The Morgan fingerprint density at radius 1 is 1.00 bits per heavy atom. The molecule has 1 aromatic heterocycles. The molecule has 0 spiro atoms. The van der Waals surface area contributed by atoms with Gasteiger partial charge in [-0.05, 0) is 43.4 Å². The number of hydrogen-bond acceptors (Lipinski definition) is 8. The fourth-order valence-electron chi connectivity index (χ4n) is 6.31. The Morgan fingerprint density at radius 2 is 1.81 bits per heavy atom. The third-order valence-electron chi connectivity index (χ3n) is 9.05. The lowest BCUT2D eigenvalue weighted by atomic mass is 10.1. The molecule has 0 bridgehead atoms. The number of hydrogen-bond donors (Lipinski definition) is 1. The Hall–Kier alpha value is -4.93. The average Bonchev–Trinajstić information content (AvgIpc) is 3.62. The standard InChI is InChI=1S/C36H40N5O6/c1-45-28-16-14-25(15-17-28)22-40-18-10-5-3-4-9-13-27-21-36(27,24-42)39-33(43)31-19-29(23-41(31)35(40)44)47-32-20-30(37-34(38-32)46-2)26-11-7-6-8-12-26/h6-9,11-17,20,27,29,31H,3-5,10,18-19,21-23H2,1-2H3,(H,39,43)/b13-9+. The molecule has 11 heteroatoms. The van der Waals surface area contributed by atoms with Crippen LogP contribution in [0.15, 0.2) is 72.8 Å². The molecule has 3 aromatic rings. The first-order valence-electron chi connectivity index (χ1n) is 16.1. The maximum absolute atomic E-state index is 14.4. The van der Waals surface area contributed by atoms with Crippen LogP contribution in [0.25, 0.3) is 11.3 Å². The van der Waals surface area contributed by atoms with E-state index in [-0.39, 0.29) is 36.8 Å². The highest BCUT2D eigenvalue weighted by atomic mass is 16.5. The van der Waals surface area contributed by atoms with Gasteiger partial charge in [-0.15, -0.1) is 0 Å². The van der Waals surface area contributed by atoms with Gasteiger partial charge >= 0.3 is 12.0 Å². The largest absolute Gasteiger partial charge is 0.497 e. The van der Waals surface area contributed by atoms with Gasteiger partial charge in [-0.3, -0.25) is 9.59 Å². The van der Waals surface area contributed by atoms with Gasteiger partial charge in [0.05, 0.1) is 26.5 Å². The van der Waals surface area contributed by atoms with E-state index < -0.39 is 23.6 Å². The minimum absolute atomic E-state index is 0.108. The quantitative estimate of drug-likeness (QED) is 0.352. The van der Waals surface area contributed by atoms with Gasteiger partial charge in [-0.1, -0.05) is 61.0 Å². The van der Waals surface area contributed by atoms with E-state index in [1.165, 1.54) is 7.11 Å². The number of fused-ring (bicyclic) bond motifs is 2. The summed E-state index contributed by atoms with van der Waals surface area (Å²) < 4.78 is 17.0. The zero-order valence-electron chi connectivity index (χ0n) is 26.8. The number of benzene rings is 2. The van der Waals surface area contributed by atoms with Gasteiger partial charge in [0.25, 0.3) is 0 Å². The molecule has 3 aliphatic rings. The van der Waals surface area contributed by atoms with Crippen LogP contribution in [0.4, 0.5) is 4.79 Å². The molecule has 6 rings (SSSR count).